The number of aliphatic hydroxyl groups is 1. The smallest absolute Gasteiger partial charge is 0.0995 e. The second-order valence-corrected chi connectivity index (χ2v) is 4.23. The average Bonchev–Trinajstić information content (AvgIpc) is 2.38. The molecule has 0 aliphatic heterocycles. The SMILES string of the molecule is Cc1cc2ccccn2c1C(C)(C)O. The van der Waals surface area contributed by atoms with E-state index in [1.54, 1.807) is 0 Å². The van der Waals surface area contributed by atoms with Crippen LogP contribution in [0.25, 0.3) is 5.52 Å². The van der Waals surface area contributed by atoms with Crippen LogP contribution >= 0.6 is 0 Å². The summed E-state index contributed by atoms with van der Waals surface area (Å²) in [5.74, 6) is 0. The number of pyridine rings is 1. The van der Waals surface area contributed by atoms with Crippen LogP contribution in [0, 0.1) is 6.92 Å². The molecule has 74 valence electrons. The normalized spacial score (nSPS) is 12.3. The van der Waals surface area contributed by atoms with Gasteiger partial charge in [0.1, 0.15) is 0 Å². The molecule has 0 radical (unpaired) electrons. The second-order valence-electron chi connectivity index (χ2n) is 4.23. The van der Waals surface area contributed by atoms with Crippen molar-refractivity contribution in [2.75, 3.05) is 0 Å². The van der Waals surface area contributed by atoms with Crippen LogP contribution in [-0.2, 0) is 5.60 Å². The first-order valence-electron chi connectivity index (χ1n) is 4.80. The Balaban J connectivity index is 2.81. The van der Waals surface area contributed by atoms with Crippen molar-refractivity contribution in [3.63, 3.8) is 0 Å². The lowest BCUT2D eigenvalue weighted by molar-refractivity contribution is 0.0724. The maximum absolute atomic E-state index is 10.0. The van der Waals surface area contributed by atoms with E-state index in [1.807, 2.05) is 49.6 Å². The average molecular weight is 189 g/mol. The zero-order valence-corrected chi connectivity index (χ0v) is 8.78. The molecule has 2 heterocycles. The molecular formula is C12H15NO. The van der Waals surface area contributed by atoms with E-state index in [2.05, 4.69) is 6.07 Å². The van der Waals surface area contributed by atoms with Gasteiger partial charge in [-0.15, -0.1) is 0 Å². The van der Waals surface area contributed by atoms with Gasteiger partial charge in [0, 0.05) is 11.7 Å². The Hall–Kier alpha value is -1.28. The van der Waals surface area contributed by atoms with Gasteiger partial charge in [0.25, 0.3) is 0 Å². The van der Waals surface area contributed by atoms with Crippen LogP contribution in [0.4, 0.5) is 0 Å². The van der Waals surface area contributed by atoms with Crippen molar-refractivity contribution in [2.24, 2.45) is 0 Å². The van der Waals surface area contributed by atoms with Crippen molar-refractivity contribution in [2.45, 2.75) is 26.4 Å². The van der Waals surface area contributed by atoms with Crippen LogP contribution < -0.4 is 0 Å². The topological polar surface area (TPSA) is 24.6 Å². The molecule has 0 aliphatic carbocycles. The first-order valence-corrected chi connectivity index (χ1v) is 4.80. The lowest BCUT2D eigenvalue weighted by atomic mass is 10.0. The Bertz CT molecular complexity index is 463. The summed E-state index contributed by atoms with van der Waals surface area (Å²) in [6.45, 7) is 5.66. The van der Waals surface area contributed by atoms with E-state index in [9.17, 15) is 5.11 Å². The molecule has 2 aromatic heterocycles. The molecule has 0 saturated carbocycles. The van der Waals surface area contributed by atoms with Gasteiger partial charge in [0.15, 0.2) is 0 Å². The summed E-state index contributed by atoms with van der Waals surface area (Å²) in [5, 5.41) is 10.0. The third-order valence-electron chi connectivity index (χ3n) is 2.45. The molecule has 0 amide bonds. The molecule has 0 fully saturated rings. The van der Waals surface area contributed by atoms with Crippen molar-refractivity contribution in [1.29, 1.82) is 0 Å². The summed E-state index contributed by atoms with van der Waals surface area (Å²) in [4.78, 5) is 0. The number of nitrogens with zero attached hydrogens (tertiary/aromatic N) is 1. The molecule has 2 aromatic rings. The van der Waals surface area contributed by atoms with Gasteiger partial charge >= 0.3 is 0 Å². The van der Waals surface area contributed by atoms with E-state index in [0.717, 1.165) is 16.8 Å². The Kier molecular flexibility index (Phi) is 1.89. The Morgan fingerprint density at radius 3 is 2.64 bits per heavy atom. The van der Waals surface area contributed by atoms with E-state index in [4.69, 9.17) is 0 Å². The van der Waals surface area contributed by atoms with Crippen LogP contribution in [0.3, 0.4) is 0 Å². The molecule has 0 unspecified atom stereocenters. The second kappa shape index (κ2) is 2.85. The van der Waals surface area contributed by atoms with Gasteiger partial charge in [-0.3, -0.25) is 0 Å². The standard InChI is InChI=1S/C12H15NO/c1-9-8-10-6-4-5-7-13(10)11(9)12(2,3)14/h4-8,14H,1-3H3. The molecule has 1 N–H and O–H groups in total. The summed E-state index contributed by atoms with van der Waals surface area (Å²) in [7, 11) is 0. The minimum atomic E-state index is -0.794. The molecule has 14 heavy (non-hydrogen) atoms. The van der Waals surface area contributed by atoms with Gasteiger partial charge < -0.3 is 9.51 Å². The highest BCUT2D eigenvalue weighted by Gasteiger charge is 2.22. The molecule has 0 atom stereocenters. The number of hydrogen-bond donors (Lipinski definition) is 1. The van der Waals surface area contributed by atoms with Crippen molar-refractivity contribution in [3.05, 3.63) is 41.7 Å². The van der Waals surface area contributed by atoms with E-state index >= 15 is 0 Å². The Morgan fingerprint density at radius 1 is 1.29 bits per heavy atom. The van der Waals surface area contributed by atoms with Gasteiger partial charge in [0.2, 0.25) is 0 Å². The van der Waals surface area contributed by atoms with Crippen molar-refractivity contribution in [1.82, 2.24) is 4.40 Å². The third-order valence-corrected chi connectivity index (χ3v) is 2.45. The van der Waals surface area contributed by atoms with Gasteiger partial charge in [-0.1, -0.05) is 6.07 Å². The zero-order chi connectivity index (χ0) is 10.3. The molecule has 0 bridgehead atoms. The number of rotatable bonds is 1. The fraction of sp³-hybridized carbons (Fsp3) is 0.333. The van der Waals surface area contributed by atoms with Gasteiger partial charge in [-0.2, -0.15) is 0 Å². The molecule has 0 spiro atoms. The molecule has 2 rings (SSSR count). The lowest BCUT2D eigenvalue weighted by Crippen LogP contribution is -2.19. The maximum Gasteiger partial charge on any atom is 0.0995 e. The minimum absolute atomic E-state index is 0.794. The van der Waals surface area contributed by atoms with Crippen LogP contribution in [0.1, 0.15) is 25.1 Å². The van der Waals surface area contributed by atoms with Crippen molar-refractivity contribution < 1.29 is 5.11 Å². The maximum atomic E-state index is 10.0. The number of aromatic nitrogens is 1. The van der Waals surface area contributed by atoms with Crippen molar-refractivity contribution in [3.8, 4) is 0 Å². The molecule has 0 aromatic carbocycles. The van der Waals surface area contributed by atoms with Crippen LogP contribution in [-0.4, -0.2) is 9.51 Å². The monoisotopic (exact) mass is 189 g/mol. The van der Waals surface area contributed by atoms with E-state index < -0.39 is 5.60 Å². The Labute approximate surface area is 83.8 Å². The van der Waals surface area contributed by atoms with Crippen LogP contribution in [0.2, 0.25) is 0 Å². The predicted molar refractivity (Wildman–Crippen MR) is 57.4 cm³/mol. The predicted octanol–water partition coefficient (Wildman–Crippen LogP) is 2.48. The quantitative estimate of drug-likeness (QED) is 0.732. The summed E-state index contributed by atoms with van der Waals surface area (Å²) >= 11 is 0. The Morgan fingerprint density at radius 2 is 2.00 bits per heavy atom. The van der Waals surface area contributed by atoms with Crippen LogP contribution in [0.5, 0.6) is 0 Å². The first-order chi connectivity index (χ1) is 6.50. The van der Waals surface area contributed by atoms with Crippen LogP contribution in [0.15, 0.2) is 30.5 Å². The zero-order valence-electron chi connectivity index (χ0n) is 8.78. The molecule has 0 aliphatic rings. The molecular weight excluding hydrogens is 174 g/mol. The fourth-order valence-corrected chi connectivity index (χ4v) is 2.04. The third kappa shape index (κ3) is 1.32. The largest absolute Gasteiger partial charge is 0.384 e. The number of aryl methyl sites for hydroxylation is 1. The van der Waals surface area contributed by atoms with E-state index in [-0.39, 0.29) is 0 Å². The number of hydrogen-bond acceptors (Lipinski definition) is 1. The highest BCUT2D eigenvalue weighted by Crippen LogP contribution is 2.26. The lowest BCUT2D eigenvalue weighted by Gasteiger charge is -2.19. The van der Waals surface area contributed by atoms with Gasteiger partial charge in [0.05, 0.1) is 11.3 Å². The van der Waals surface area contributed by atoms with E-state index in [1.165, 1.54) is 0 Å². The summed E-state index contributed by atoms with van der Waals surface area (Å²) in [5.41, 5.74) is 2.43. The van der Waals surface area contributed by atoms with Gasteiger partial charge in [-0.25, -0.2) is 0 Å². The van der Waals surface area contributed by atoms with E-state index in [0.29, 0.717) is 0 Å². The molecule has 0 saturated heterocycles. The fourth-order valence-electron chi connectivity index (χ4n) is 2.04. The molecule has 2 nitrogen and oxygen atoms in total. The highest BCUT2D eigenvalue weighted by atomic mass is 16.3. The summed E-state index contributed by atoms with van der Waals surface area (Å²) < 4.78 is 2.04. The molecule has 2 heteroatoms. The number of fused-ring (bicyclic) bond motifs is 1. The summed E-state index contributed by atoms with van der Waals surface area (Å²) in [6.07, 6.45) is 1.98. The summed E-state index contributed by atoms with van der Waals surface area (Å²) in [6, 6.07) is 8.11. The van der Waals surface area contributed by atoms with Crippen molar-refractivity contribution >= 4 is 5.52 Å². The highest BCUT2D eigenvalue weighted by molar-refractivity contribution is 5.54. The first kappa shape index (κ1) is 9.28. The minimum Gasteiger partial charge on any atom is -0.384 e. The van der Waals surface area contributed by atoms with Gasteiger partial charge in [-0.05, 0) is 44.5 Å².